The lowest BCUT2D eigenvalue weighted by Crippen LogP contribution is -2.37. The highest BCUT2D eigenvalue weighted by molar-refractivity contribution is 5.85. The molecule has 11 heteroatoms. The summed E-state index contributed by atoms with van der Waals surface area (Å²) in [6, 6.07) is 0.218. The third kappa shape index (κ3) is 8.55. The molecule has 0 aliphatic carbocycles. The second-order valence-corrected chi connectivity index (χ2v) is 7.96. The van der Waals surface area contributed by atoms with Gasteiger partial charge in [0.25, 0.3) is 0 Å². The topological polar surface area (TPSA) is 61.0 Å². The van der Waals surface area contributed by atoms with Gasteiger partial charge in [0.2, 0.25) is 0 Å². The Bertz CT molecular complexity index is 710. The quantitative estimate of drug-likeness (QED) is 0.245. The molecule has 0 saturated carbocycles. The minimum Gasteiger partial charge on any atom is -0.447 e. The van der Waals surface area contributed by atoms with Crippen molar-refractivity contribution >= 4 is 18.5 Å². The molecule has 1 aromatic rings. The first kappa shape index (κ1) is 31.3. The molecule has 2 N–H and O–H groups in total. The molecular weight excluding hydrogens is 476 g/mol. The number of hydrogen-bond donors (Lipinski definition) is 0. The average molecular weight is 508 g/mol. The van der Waals surface area contributed by atoms with E-state index in [0.717, 1.165) is 38.5 Å². The first-order chi connectivity index (χ1) is 14.5. The Morgan fingerprint density at radius 1 is 0.939 bits per heavy atom. The predicted octanol–water partition coefficient (Wildman–Crippen LogP) is 7.34. The van der Waals surface area contributed by atoms with Gasteiger partial charge in [0, 0.05) is 0 Å². The molecule has 0 radical (unpaired) electrons. The minimum absolute atomic E-state index is 0. The number of ether oxygens (including phenoxy) is 1. The van der Waals surface area contributed by atoms with Crippen molar-refractivity contribution in [3.8, 4) is 0 Å². The van der Waals surface area contributed by atoms with Gasteiger partial charge in [-0.25, -0.2) is 4.79 Å². The Morgan fingerprint density at radius 3 is 1.94 bits per heavy atom. The molecule has 192 valence electrons. The van der Waals surface area contributed by atoms with Gasteiger partial charge in [-0.3, -0.25) is 4.90 Å². The fourth-order valence-corrected chi connectivity index (χ4v) is 4.00. The normalized spacial score (nSPS) is 17.3. The fourth-order valence-electron chi connectivity index (χ4n) is 4.00. The van der Waals surface area contributed by atoms with E-state index in [-0.39, 0.29) is 48.6 Å². The average Bonchev–Trinajstić information content (AvgIpc) is 3.04. The largest absolute Gasteiger partial charge is 0.447 e. The summed E-state index contributed by atoms with van der Waals surface area (Å²) in [5.74, 6) is 0. The maximum atomic E-state index is 13.3. The van der Waals surface area contributed by atoms with Crippen molar-refractivity contribution < 1.29 is 41.4 Å². The van der Waals surface area contributed by atoms with Crippen LogP contribution in [0.5, 0.6) is 0 Å². The second-order valence-electron chi connectivity index (χ2n) is 7.96. The van der Waals surface area contributed by atoms with Gasteiger partial charge in [-0.2, -0.15) is 26.3 Å². The van der Waals surface area contributed by atoms with E-state index >= 15 is 0 Å². The van der Waals surface area contributed by atoms with Crippen LogP contribution in [0.1, 0.15) is 87.9 Å². The molecule has 2 atom stereocenters. The number of alkyl halides is 6. The van der Waals surface area contributed by atoms with E-state index in [0.29, 0.717) is 18.6 Å². The van der Waals surface area contributed by atoms with Crippen molar-refractivity contribution in [1.29, 1.82) is 0 Å². The molecule has 1 fully saturated rings. The Labute approximate surface area is 196 Å². The van der Waals surface area contributed by atoms with Crippen LogP contribution < -0.4 is 0 Å². The second kappa shape index (κ2) is 13.3. The van der Waals surface area contributed by atoms with E-state index in [2.05, 4.69) is 6.92 Å². The van der Waals surface area contributed by atoms with Crippen LogP contribution in [0, 0.1) is 0 Å². The molecule has 0 spiro atoms. The summed E-state index contributed by atoms with van der Waals surface area (Å²) < 4.78 is 84.6. The Balaban J connectivity index is 0.00000512. The molecule has 1 aromatic carbocycles. The zero-order valence-corrected chi connectivity index (χ0v) is 19.5. The highest BCUT2D eigenvalue weighted by Crippen LogP contribution is 2.40. The summed E-state index contributed by atoms with van der Waals surface area (Å²) in [4.78, 5) is 13.7. The van der Waals surface area contributed by atoms with Crippen molar-refractivity contribution in [3.63, 3.8) is 0 Å². The summed E-state index contributed by atoms with van der Waals surface area (Å²) in [6.45, 7) is 3.84. The first-order valence-electron chi connectivity index (χ1n) is 10.7. The minimum atomic E-state index is -4.93. The summed E-state index contributed by atoms with van der Waals surface area (Å²) in [5, 5.41) is 0. The third-order valence-electron chi connectivity index (χ3n) is 5.61. The monoisotopic (exact) mass is 507 g/mol. The molecule has 0 aromatic heterocycles. The predicted molar refractivity (Wildman–Crippen MR) is 115 cm³/mol. The molecular formula is C22H32ClF6NO3. The number of carbonyl (C=O) groups excluding carboxylic acids is 1. The summed E-state index contributed by atoms with van der Waals surface area (Å²) >= 11 is 0. The number of benzene rings is 1. The van der Waals surface area contributed by atoms with Crippen LogP contribution in [0.15, 0.2) is 18.2 Å². The van der Waals surface area contributed by atoms with Gasteiger partial charge in [-0.1, -0.05) is 52.4 Å². The van der Waals surface area contributed by atoms with Crippen molar-refractivity contribution in [2.75, 3.05) is 6.61 Å². The van der Waals surface area contributed by atoms with Gasteiger partial charge < -0.3 is 10.2 Å². The van der Waals surface area contributed by atoms with Crippen LogP contribution in [-0.4, -0.2) is 29.1 Å². The number of hydrogen-bond acceptors (Lipinski definition) is 2. The molecule has 0 bridgehead atoms. The zero-order chi connectivity index (χ0) is 23.2. The lowest BCUT2D eigenvalue weighted by atomic mass is 9.95. The number of halogens is 7. The number of amides is 1. The number of rotatable bonds is 10. The van der Waals surface area contributed by atoms with Crippen molar-refractivity contribution in [2.45, 2.75) is 89.7 Å². The standard InChI is InChI=1S/C22H29F6NO2.ClH.H2O/c1-3-5-6-7-8-9-10-18-14-31-20(30)29(18)19(4-2)15-11-16(21(23,24)25)13-17(12-15)22(26,27)28;;/h11-13,18-19H,3-10,14H2,1-2H3;1H;1H2. The number of unbranched alkanes of at least 4 members (excludes halogenated alkanes) is 5. The molecule has 1 aliphatic rings. The maximum absolute atomic E-state index is 13.3. The number of carbonyl (C=O) groups is 1. The third-order valence-corrected chi connectivity index (χ3v) is 5.61. The van der Waals surface area contributed by atoms with Crippen LogP contribution in [0.25, 0.3) is 0 Å². The van der Waals surface area contributed by atoms with Crippen LogP contribution in [0.3, 0.4) is 0 Å². The van der Waals surface area contributed by atoms with Crippen molar-refractivity contribution in [2.24, 2.45) is 0 Å². The van der Waals surface area contributed by atoms with E-state index in [4.69, 9.17) is 4.74 Å². The Hall–Kier alpha value is -1.68. The van der Waals surface area contributed by atoms with Crippen LogP contribution >= 0.6 is 12.4 Å². The molecule has 1 heterocycles. The van der Waals surface area contributed by atoms with E-state index in [1.807, 2.05) is 0 Å². The summed E-state index contributed by atoms with van der Waals surface area (Å²) in [5.41, 5.74) is -2.94. The van der Waals surface area contributed by atoms with Crippen molar-refractivity contribution in [1.82, 2.24) is 4.90 Å². The molecule has 1 saturated heterocycles. The molecule has 2 rings (SSSR count). The Kier molecular flexibility index (Phi) is 12.6. The molecule has 1 aliphatic heterocycles. The lowest BCUT2D eigenvalue weighted by Gasteiger charge is -2.31. The number of nitrogens with zero attached hydrogens (tertiary/aromatic N) is 1. The smallest absolute Gasteiger partial charge is 0.416 e. The summed E-state index contributed by atoms with van der Waals surface area (Å²) in [7, 11) is 0. The number of cyclic esters (lactones) is 1. The van der Waals surface area contributed by atoms with Gasteiger partial charge in [-0.05, 0) is 36.6 Å². The van der Waals surface area contributed by atoms with Crippen molar-refractivity contribution in [3.05, 3.63) is 34.9 Å². The van der Waals surface area contributed by atoms with E-state index in [9.17, 15) is 31.1 Å². The maximum Gasteiger partial charge on any atom is 0.416 e. The van der Waals surface area contributed by atoms with Crippen LogP contribution in [-0.2, 0) is 17.1 Å². The molecule has 33 heavy (non-hydrogen) atoms. The molecule has 2 unspecified atom stereocenters. The van der Waals surface area contributed by atoms with Crippen LogP contribution in [0.4, 0.5) is 31.1 Å². The van der Waals surface area contributed by atoms with Gasteiger partial charge in [0.05, 0.1) is 23.2 Å². The van der Waals surface area contributed by atoms with Crippen LogP contribution in [0.2, 0.25) is 0 Å². The first-order valence-corrected chi connectivity index (χ1v) is 10.7. The lowest BCUT2D eigenvalue weighted by molar-refractivity contribution is -0.143. The zero-order valence-electron chi connectivity index (χ0n) is 18.7. The molecule has 1 amide bonds. The van der Waals surface area contributed by atoms with E-state index < -0.39 is 35.6 Å². The highest BCUT2D eigenvalue weighted by atomic mass is 35.5. The summed E-state index contributed by atoms with van der Waals surface area (Å²) in [6.07, 6.45) is -3.60. The van der Waals surface area contributed by atoms with Gasteiger partial charge >= 0.3 is 18.4 Å². The fraction of sp³-hybridized carbons (Fsp3) is 0.682. The van der Waals surface area contributed by atoms with E-state index in [1.165, 1.54) is 4.90 Å². The van der Waals surface area contributed by atoms with Gasteiger partial charge in [-0.15, -0.1) is 12.4 Å². The van der Waals surface area contributed by atoms with Gasteiger partial charge in [0.1, 0.15) is 6.61 Å². The SMILES string of the molecule is CCCCCCCCC1COC(=O)N1C(CC)c1cc(C(F)(F)F)cc(C(F)(F)F)c1.Cl.O. The van der Waals surface area contributed by atoms with Gasteiger partial charge in [0.15, 0.2) is 0 Å². The Morgan fingerprint density at radius 2 is 1.45 bits per heavy atom. The highest BCUT2D eigenvalue weighted by Gasteiger charge is 2.41. The van der Waals surface area contributed by atoms with E-state index in [1.54, 1.807) is 6.92 Å². The molecule has 4 nitrogen and oxygen atoms in total.